The molecule has 0 aliphatic heterocycles. The molecule has 16 heavy (non-hydrogen) atoms. The van der Waals surface area contributed by atoms with Crippen LogP contribution in [0.1, 0.15) is 20.3 Å². The predicted octanol–water partition coefficient (Wildman–Crippen LogP) is 3.18. The van der Waals surface area contributed by atoms with Gasteiger partial charge in [-0.2, -0.15) is 0 Å². The fourth-order valence-corrected chi connectivity index (χ4v) is 2.42. The summed E-state index contributed by atoms with van der Waals surface area (Å²) < 4.78 is 5.32. The summed E-state index contributed by atoms with van der Waals surface area (Å²) in [5.74, 6) is 2.04. The number of methoxy groups -OCH3 is 1. The van der Waals surface area contributed by atoms with E-state index in [0.29, 0.717) is 6.04 Å². The number of thioether (sulfide) groups is 1. The van der Waals surface area contributed by atoms with E-state index in [0.717, 1.165) is 18.0 Å². The first-order valence-electron chi connectivity index (χ1n) is 5.77. The van der Waals surface area contributed by atoms with E-state index in [1.54, 1.807) is 7.11 Å². The van der Waals surface area contributed by atoms with Crippen molar-refractivity contribution in [3.05, 3.63) is 24.3 Å². The van der Waals surface area contributed by atoms with E-state index in [2.05, 4.69) is 31.3 Å². The van der Waals surface area contributed by atoms with E-state index >= 15 is 0 Å². The maximum absolute atomic E-state index is 5.32. The molecule has 2 nitrogen and oxygen atoms in total. The van der Waals surface area contributed by atoms with Gasteiger partial charge in [0.1, 0.15) is 5.75 Å². The molecule has 0 radical (unpaired) electrons. The molecule has 1 rings (SSSR count). The van der Waals surface area contributed by atoms with Crippen molar-refractivity contribution in [1.29, 1.82) is 0 Å². The van der Waals surface area contributed by atoms with Gasteiger partial charge in [0.25, 0.3) is 0 Å². The molecule has 1 atom stereocenters. The Balaban J connectivity index is 2.41. The summed E-state index contributed by atoms with van der Waals surface area (Å²) in [7, 11) is 1.72. The van der Waals surface area contributed by atoms with Crippen LogP contribution >= 0.6 is 11.8 Å². The summed E-state index contributed by atoms with van der Waals surface area (Å²) >= 11 is 1.84. The maximum Gasteiger partial charge on any atom is 0.132 e. The summed E-state index contributed by atoms with van der Waals surface area (Å²) in [5.41, 5.74) is 0. The Morgan fingerprint density at radius 1 is 1.38 bits per heavy atom. The summed E-state index contributed by atoms with van der Waals surface area (Å²) in [5, 5.41) is 3.48. The number of ether oxygens (including phenoxy) is 1. The van der Waals surface area contributed by atoms with Gasteiger partial charge in [-0.3, -0.25) is 0 Å². The molecule has 0 aromatic heterocycles. The van der Waals surface area contributed by atoms with Gasteiger partial charge in [-0.05, 0) is 32.0 Å². The van der Waals surface area contributed by atoms with Crippen LogP contribution in [0.2, 0.25) is 0 Å². The van der Waals surface area contributed by atoms with Crippen molar-refractivity contribution in [2.24, 2.45) is 0 Å². The SMILES string of the molecule is CCCNC(C)CSc1ccccc1OC. The van der Waals surface area contributed by atoms with E-state index in [-0.39, 0.29) is 0 Å². The largest absolute Gasteiger partial charge is 0.496 e. The maximum atomic E-state index is 5.32. The fraction of sp³-hybridized carbons (Fsp3) is 0.538. The Labute approximate surface area is 103 Å². The minimum Gasteiger partial charge on any atom is -0.496 e. The van der Waals surface area contributed by atoms with Gasteiger partial charge in [-0.25, -0.2) is 0 Å². The molecule has 0 saturated heterocycles. The van der Waals surface area contributed by atoms with Crippen LogP contribution in [0.4, 0.5) is 0 Å². The molecule has 90 valence electrons. The first-order valence-corrected chi connectivity index (χ1v) is 6.75. The van der Waals surface area contributed by atoms with Crippen LogP contribution in [0.25, 0.3) is 0 Å². The van der Waals surface area contributed by atoms with Crippen LogP contribution in [0.3, 0.4) is 0 Å². The average molecular weight is 239 g/mol. The van der Waals surface area contributed by atoms with E-state index in [1.807, 2.05) is 23.9 Å². The van der Waals surface area contributed by atoms with Crippen molar-refractivity contribution in [2.75, 3.05) is 19.4 Å². The van der Waals surface area contributed by atoms with Gasteiger partial charge >= 0.3 is 0 Å². The second-order valence-corrected chi connectivity index (χ2v) is 4.88. The number of benzene rings is 1. The molecule has 0 saturated carbocycles. The number of para-hydroxylation sites is 1. The molecule has 0 fully saturated rings. The molecule has 1 unspecified atom stereocenters. The van der Waals surface area contributed by atoms with E-state index in [4.69, 9.17) is 4.74 Å². The second-order valence-electron chi connectivity index (χ2n) is 3.82. The Kier molecular flexibility index (Phi) is 6.34. The van der Waals surface area contributed by atoms with Crippen LogP contribution in [0.5, 0.6) is 5.75 Å². The lowest BCUT2D eigenvalue weighted by Gasteiger charge is -2.13. The molecule has 1 aromatic rings. The summed E-state index contributed by atoms with van der Waals surface area (Å²) in [4.78, 5) is 1.22. The topological polar surface area (TPSA) is 21.3 Å². The minimum absolute atomic E-state index is 0.537. The van der Waals surface area contributed by atoms with Gasteiger partial charge in [0.05, 0.1) is 7.11 Å². The van der Waals surface area contributed by atoms with Crippen molar-refractivity contribution in [2.45, 2.75) is 31.2 Å². The molecule has 1 aromatic carbocycles. The molecule has 0 amide bonds. The molecule has 3 heteroatoms. The summed E-state index contributed by atoms with van der Waals surface area (Å²) in [6, 6.07) is 8.70. The Bertz CT molecular complexity index is 304. The Morgan fingerprint density at radius 3 is 2.81 bits per heavy atom. The fourth-order valence-electron chi connectivity index (χ4n) is 1.40. The summed E-state index contributed by atoms with van der Waals surface area (Å²) in [6.45, 7) is 5.50. The summed E-state index contributed by atoms with van der Waals surface area (Å²) in [6.07, 6.45) is 1.18. The van der Waals surface area contributed by atoms with Crippen LogP contribution in [-0.2, 0) is 0 Å². The first-order chi connectivity index (χ1) is 7.77. The molecule has 0 bridgehead atoms. The monoisotopic (exact) mass is 239 g/mol. The van der Waals surface area contributed by atoms with Gasteiger partial charge in [0, 0.05) is 16.7 Å². The Morgan fingerprint density at radius 2 is 2.12 bits per heavy atom. The highest BCUT2D eigenvalue weighted by molar-refractivity contribution is 7.99. The van der Waals surface area contributed by atoms with Crippen LogP contribution < -0.4 is 10.1 Å². The van der Waals surface area contributed by atoms with E-state index < -0.39 is 0 Å². The van der Waals surface area contributed by atoms with Crippen molar-refractivity contribution >= 4 is 11.8 Å². The van der Waals surface area contributed by atoms with Crippen LogP contribution in [0, 0.1) is 0 Å². The van der Waals surface area contributed by atoms with Crippen molar-refractivity contribution in [1.82, 2.24) is 5.32 Å². The predicted molar refractivity (Wildman–Crippen MR) is 71.5 cm³/mol. The lowest BCUT2D eigenvalue weighted by molar-refractivity contribution is 0.405. The zero-order valence-corrected chi connectivity index (χ0v) is 11.1. The lowest BCUT2D eigenvalue weighted by atomic mass is 10.3. The number of hydrogen-bond acceptors (Lipinski definition) is 3. The van der Waals surface area contributed by atoms with Crippen molar-refractivity contribution in [3.8, 4) is 5.75 Å². The van der Waals surface area contributed by atoms with E-state index in [9.17, 15) is 0 Å². The van der Waals surface area contributed by atoms with Crippen LogP contribution in [0.15, 0.2) is 29.2 Å². The molecule has 0 heterocycles. The number of hydrogen-bond donors (Lipinski definition) is 1. The van der Waals surface area contributed by atoms with Crippen LogP contribution in [-0.4, -0.2) is 25.4 Å². The third-order valence-corrected chi connectivity index (χ3v) is 3.62. The average Bonchev–Trinajstić information content (AvgIpc) is 2.34. The number of nitrogens with one attached hydrogen (secondary N) is 1. The standard InChI is InChI=1S/C13H21NOS/c1-4-9-14-11(2)10-16-13-8-6-5-7-12(13)15-3/h5-8,11,14H,4,9-10H2,1-3H3. The van der Waals surface area contributed by atoms with E-state index in [1.165, 1.54) is 11.3 Å². The molecular formula is C13H21NOS. The van der Waals surface area contributed by atoms with Gasteiger partial charge in [0.15, 0.2) is 0 Å². The minimum atomic E-state index is 0.537. The first kappa shape index (κ1) is 13.4. The lowest BCUT2D eigenvalue weighted by Crippen LogP contribution is -2.28. The Hall–Kier alpha value is -0.670. The van der Waals surface area contributed by atoms with Gasteiger partial charge in [-0.15, -0.1) is 11.8 Å². The van der Waals surface area contributed by atoms with Crippen molar-refractivity contribution < 1.29 is 4.74 Å². The second kappa shape index (κ2) is 7.58. The molecule has 1 N–H and O–H groups in total. The van der Waals surface area contributed by atoms with Gasteiger partial charge < -0.3 is 10.1 Å². The highest BCUT2D eigenvalue weighted by Crippen LogP contribution is 2.28. The third-order valence-electron chi connectivity index (χ3n) is 2.30. The zero-order valence-electron chi connectivity index (χ0n) is 10.3. The number of rotatable bonds is 7. The third kappa shape index (κ3) is 4.45. The van der Waals surface area contributed by atoms with Gasteiger partial charge in [0.2, 0.25) is 0 Å². The highest BCUT2D eigenvalue weighted by atomic mass is 32.2. The molecule has 0 aliphatic carbocycles. The smallest absolute Gasteiger partial charge is 0.132 e. The van der Waals surface area contributed by atoms with Gasteiger partial charge in [-0.1, -0.05) is 19.1 Å². The normalized spacial score (nSPS) is 12.4. The quantitative estimate of drug-likeness (QED) is 0.738. The highest BCUT2D eigenvalue weighted by Gasteiger charge is 2.05. The molecular weight excluding hydrogens is 218 g/mol. The molecule has 0 aliphatic rings. The molecule has 0 spiro atoms. The zero-order chi connectivity index (χ0) is 11.8. The van der Waals surface area contributed by atoms with Crippen molar-refractivity contribution in [3.63, 3.8) is 0 Å².